The minimum absolute atomic E-state index is 0.0377. The normalized spacial score (nSPS) is 17.3. The van der Waals surface area contributed by atoms with Gasteiger partial charge in [0.25, 0.3) is 0 Å². The third-order valence-corrected chi connectivity index (χ3v) is 3.58. The predicted molar refractivity (Wildman–Crippen MR) is 83.1 cm³/mol. The molecule has 2 aromatic rings. The number of nitrogens with one attached hydrogen (secondary N) is 2. The molecule has 0 aliphatic carbocycles. The molecular weight excluding hydrogens is 337 g/mol. The number of carbonyl (C=O) groups is 2. The Morgan fingerprint density at radius 3 is 2.32 bits per heavy atom. The van der Waals surface area contributed by atoms with E-state index in [-0.39, 0.29) is 23.8 Å². The highest BCUT2D eigenvalue weighted by molar-refractivity contribution is 6.06. The molecule has 1 fully saturated rings. The van der Waals surface area contributed by atoms with Gasteiger partial charge in [0, 0.05) is 5.69 Å². The molecule has 5 nitrogen and oxygen atoms in total. The zero-order valence-corrected chi connectivity index (χ0v) is 12.8. The molecule has 0 spiro atoms. The summed E-state index contributed by atoms with van der Waals surface area (Å²) in [6.07, 6.45) is -4.48. The van der Waals surface area contributed by atoms with Crippen LogP contribution in [0.4, 0.5) is 18.9 Å². The number of hydrogen-bond donors (Lipinski definition) is 2. The number of benzene rings is 2. The second-order valence-electron chi connectivity index (χ2n) is 5.43. The molecule has 0 aromatic heterocycles. The van der Waals surface area contributed by atoms with Gasteiger partial charge in [0.05, 0.1) is 12.0 Å². The summed E-state index contributed by atoms with van der Waals surface area (Å²) < 4.78 is 44.2. The predicted octanol–water partition coefficient (Wildman–Crippen LogP) is 3.32. The highest BCUT2D eigenvalue weighted by Gasteiger charge is 2.34. The Labute approximate surface area is 140 Å². The lowest BCUT2D eigenvalue weighted by molar-refractivity contribution is -0.138. The van der Waals surface area contributed by atoms with Crippen LogP contribution >= 0.6 is 0 Å². The van der Waals surface area contributed by atoms with Crippen LogP contribution < -0.4 is 15.4 Å². The minimum Gasteiger partial charge on any atom is -0.457 e. The number of amides is 2. The summed E-state index contributed by atoms with van der Waals surface area (Å²) in [5, 5.41) is 5.06. The lowest BCUT2D eigenvalue weighted by Gasteiger charge is -2.14. The Kier molecular flexibility index (Phi) is 4.35. The Balaban J connectivity index is 1.72. The molecule has 25 heavy (non-hydrogen) atoms. The first kappa shape index (κ1) is 16.8. The average molecular weight is 350 g/mol. The van der Waals surface area contributed by atoms with Crippen molar-refractivity contribution < 1.29 is 27.5 Å². The number of hydrogen-bond acceptors (Lipinski definition) is 4. The summed E-state index contributed by atoms with van der Waals surface area (Å²) in [6, 6.07) is 10.3. The summed E-state index contributed by atoms with van der Waals surface area (Å²) in [5.74, 6) is -0.846. The quantitative estimate of drug-likeness (QED) is 0.830. The fourth-order valence-corrected chi connectivity index (χ4v) is 2.41. The molecule has 1 unspecified atom stereocenters. The van der Waals surface area contributed by atoms with E-state index in [4.69, 9.17) is 4.74 Å². The summed E-state index contributed by atoms with van der Waals surface area (Å²) in [6.45, 7) is 0. The molecule has 1 heterocycles. The smallest absolute Gasteiger partial charge is 0.419 e. The number of alkyl halides is 3. The van der Waals surface area contributed by atoms with Crippen molar-refractivity contribution in [3.8, 4) is 11.5 Å². The van der Waals surface area contributed by atoms with Crippen LogP contribution in [0.5, 0.6) is 11.5 Å². The third kappa shape index (κ3) is 3.90. The van der Waals surface area contributed by atoms with E-state index in [1.54, 1.807) is 12.1 Å². The van der Waals surface area contributed by atoms with E-state index in [1.165, 1.54) is 30.3 Å². The van der Waals surface area contributed by atoms with Gasteiger partial charge in [0.2, 0.25) is 11.8 Å². The van der Waals surface area contributed by atoms with Crippen molar-refractivity contribution in [3.63, 3.8) is 0 Å². The van der Waals surface area contributed by atoms with Crippen LogP contribution in [0.1, 0.15) is 12.0 Å². The van der Waals surface area contributed by atoms with Crippen LogP contribution in [0.25, 0.3) is 0 Å². The van der Waals surface area contributed by atoms with Gasteiger partial charge < -0.3 is 10.1 Å². The van der Waals surface area contributed by atoms with Gasteiger partial charge in [0.1, 0.15) is 17.5 Å². The Bertz CT molecular complexity index is 804. The van der Waals surface area contributed by atoms with E-state index in [2.05, 4.69) is 10.6 Å². The maximum atomic E-state index is 13.0. The van der Waals surface area contributed by atoms with E-state index in [9.17, 15) is 22.8 Å². The highest BCUT2D eigenvalue weighted by Crippen LogP contribution is 2.38. The lowest BCUT2D eigenvalue weighted by atomic mass is 10.2. The first-order valence-corrected chi connectivity index (χ1v) is 7.37. The van der Waals surface area contributed by atoms with Gasteiger partial charge in [-0.05, 0) is 36.4 Å². The van der Waals surface area contributed by atoms with E-state index in [0.29, 0.717) is 5.69 Å². The SMILES string of the molecule is O=C1CC(Nc2ccc(Oc3ccccc3C(F)(F)F)cc2)C(=O)N1. The average Bonchev–Trinajstić information content (AvgIpc) is 2.86. The van der Waals surface area contributed by atoms with Gasteiger partial charge in [0.15, 0.2) is 0 Å². The molecule has 8 heteroatoms. The van der Waals surface area contributed by atoms with E-state index in [0.717, 1.165) is 6.07 Å². The van der Waals surface area contributed by atoms with Gasteiger partial charge in [-0.25, -0.2) is 0 Å². The molecule has 130 valence electrons. The summed E-state index contributed by atoms with van der Waals surface area (Å²) in [5.41, 5.74) is -0.315. The van der Waals surface area contributed by atoms with E-state index in [1.807, 2.05) is 0 Å². The van der Waals surface area contributed by atoms with Crippen LogP contribution in [0, 0.1) is 0 Å². The fraction of sp³-hybridized carbons (Fsp3) is 0.176. The number of para-hydroxylation sites is 1. The molecule has 2 aromatic carbocycles. The number of ether oxygens (including phenoxy) is 1. The van der Waals surface area contributed by atoms with E-state index >= 15 is 0 Å². The Hall–Kier alpha value is -3.03. The molecule has 0 radical (unpaired) electrons. The molecule has 1 aliphatic rings. The zero-order valence-electron chi connectivity index (χ0n) is 12.8. The first-order valence-electron chi connectivity index (χ1n) is 7.37. The summed E-state index contributed by atoms with van der Waals surface area (Å²) >= 11 is 0. The van der Waals surface area contributed by atoms with Gasteiger partial charge in [-0.15, -0.1) is 0 Å². The van der Waals surface area contributed by atoms with Crippen molar-refractivity contribution in [1.29, 1.82) is 0 Å². The summed E-state index contributed by atoms with van der Waals surface area (Å²) in [4.78, 5) is 22.6. The maximum Gasteiger partial charge on any atom is 0.419 e. The van der Waals surface area contributed by atoms with Crippen molar-refractivity contribution in [2.24, 2.45) is 0 Å². The molecule has 2 N–H and O–H groups in total. The Morgan fingerprint density at radius 2 is 1.72 bits per heavy atom. The fourth-order valence-electron chi connectivity index (χ4n) is 2.41. The van der Waals surface area contributed by atoms with Crippen molar-refractivity contribution in [2.45, 2.75) is 18.6 Å². The van der Waals surface area contributed by atoms with Crippen LogP contribution in [0.15, 0.2) is 48.5 Å². The number of rotatable bonds is 4. The number of carbonyl (C=O) groups excluding carboxylic acids is 2. The molecular formula is C17H13F3N2O3. The van der Waals surface area contributed by atoms with Crippen molar-refractivity contribution in [3.05, 3.63) is 54.1 Å². The molecule has 1 saturated heterocycles. The van der Waals surface area contributed by atoms with Crippen LogP contribution in [0.2, 0.25) is 0 Å². The molecule has 2 amide bonds. The second kappa shape index (κ2) is 6.46. The zero-order chi connectivity index (χ0) is 18.0. The van der Waals surface area contributed by atoms with Crippen LogP contribution in [-0.4, -0.2) is 17.9 Å². The summed E-state index contributed by atoms with van der Waals surface area (Å²) in [7, 11) is 0. The molecule has 0 bridgehead atoms. The van der Waals surface area contributed by atoms with Crippen LogP contribution in [-0.2, 0) is 15.8 Å². The lowest BCUT2D eigenvalue weighted by Crippen LogP contribution is -2.29. The topological polar surface area (TPSA) is 67.4 Å². The third-order valence-electron chi connectivity index (χ3n) is 3.58. The van der Waals surface area contributed by atoms with Gasteiger partial charge >= 0.3 is 6.18 Å². The maximum absolute atomic E-state index is 13.0. The molecule has 3 rings (SSSR count). The molecule has 0 saturated carbocycles. The first-order chi connectivity index (χ1) is 11.8. The van der Waals surface area contributed by atoms with E-state index < -0.39 is 23.7 Å². The monoisotopic (exact) mass is 350 g/mol. The van der Waals surface area contributed by atoms with Crippen molar-refractivity contribution >= 4 is 17.5 Å². The minimum atomic E-state index is -4.51. The largest absolute Gasteiger partial charge is 0.457 e. The second-order valence-corrected chi connectivity index (χ2v) is 5.43. The molecule has 1 aliphatic heterocycles. The highest BCUT2D eigenvalue weighted by atomic mass is 19.4. The van der Waals surface area contributed by atoms with Crippen molar-refractivity contribution in [1.82, 2.24) is 5.32 Å². The molecule has 1 atom stereocenters. The van der Waals surface area contributed by atoms with Gasteiger partial charge in [-0.3, -0.25) is 14.9 Å². The van der Waals surface area contributed by atoms with Crippen LogP contribution in [0.3, 0.4) is 0 Å². The Morgan fingerprint density at radius 1 is 1.04 bits per heavy atom. The number of halogens is 3. The number of anilines is 1. The van der Waals surface area contributed by atoms with Gasteiger partial charge in [-0.2, -0.15) is 13.2 Å². The number of imide groups is 1. The standard InChI is InChI=1S/C17H13F3N2O3/c18-17(19,20)12-3-1-2-4-14(12)25-11-7-5-10(6-8-11)21-13-9-15(23)22-16(13)24/h1-8,13,21H,9H2,(H,22,23,24). The van der Waals surface area contributed by atoms with Crippen molar-refractivity contribution in [2.75, 3.05) is 5.32 Å². The van der Waals surface area contributed by atoms with Gasteiger partial charge in [-0.1, -0.05) is 12.1 Å².